The van der Waals surface area contributed by atoms with Crippen LogP contribution < -0.4 is 35.1 Å². The largest absolute Gasteiger partial charge is 0.573 e. The number of nitrogens with one attached hydrogen (secondary N) is 4. The molecule has 1 fully saturated rings. The molecule has 4 rings (SSSR count). The number of hydrogen-bond donors (Lipinski definition) is 4. The number of aromatic nitrogens is 1. The first-order valence-electron chi connectivity index (χ1n) is 12.1. The molecule has 0 spiro atoms. The van der Waals surface area contributed by atoms with Gasteiger partial charge in [0.2, 0.25) is 0 Å². The Morgan fingerprint density at radius 2 is 1.81 bits per heavy atom. The molecule has 0 radical (unpaired) electrons. The Balaban J connectivity index is 1.93. The molecular formula is C25H24F4IN5O6S. The van der Waals surface area contributed by atoms with Crippen LogP contribution in [0.1, 0.15) is 28.8 Å². The lowest BCUT2D eigenvalue weighted by molar-refractivity contribution is -0.274. The normalized spacial score (nSPS) is 13.4. The van der Waals surface area contributed by atoms with Gasteiger partial charge in [0, 0.05) is 23.7 Å². The highest BCUT2D eigenvalue weighted by atomic mass is 127. The van der Waals surface area contributed by atoms with E-state index in [1.165, 1.54) is 32.2 Å². The second-order valence-electron chi connectivity index (χ2n) is 9.13. The van der Waals surface area contributed by atoms with Crippen LogP contribution in [0.2, 0.25) is 0 Å². The van der Waals surface area contributed by atoms with E-state index in [9.17, 15) is 35.6 Å². The van der Waals surface area contributed by atoms with Crippen molar-refractivity contribution in [1.29, 1.82) is 0 Å². The van der Waals surface area contributed by atoms with Crippen molar-refractivity contribution < 1.29 is 40.2 Å². The highest BCUT2D eigenvalue weighted by Gasteiger charge is 2.36. The van der Waals surface area contributed by atoms with E-state index in [0.29, 0.717) is 16.4 Å². The van der Waals surface area contributed by atoms with Gasteiger partial charge in [-0.2, -0.15) is 8.42 Å². The van der Waals surface area contributed by atoms with Crippen LogP contribution in [0.4, 0.5) is 34.8 Å². The van der Waals surface area contributed by atoms with Crippen LogP contribution in [0.15, 0.2) is 41.2 Å². The molecule has 226 valence electrons. The lowest BCUT2D eigenvalue weighted by Crippen LogP contribution is -2.32. The number of carbonyl (C=O) groups is 1. The summed E-state index contributed by atoms with van der Waals surface area (Å²) in [5, 5.41) is 5.48. The van der Waals surface area contributed by atoms with Gasteiger partial charge in [-0.25, -0.2) is 9.11 Å². The fraction of sp³-hybridized carbons (Fsp3) is 0.280. The van der Waals surface area contributed by atoms with Crippen molar-refractivity contribution in [2.75, 3.05) is 17.1 Å². The first kappa shape index (κ1) is 31.4. The third-order valence-electron chi connectivity index (χ3n) is 6.01. The number of para-hydroxylation sites is 1. The van der Waals surface area contributed by atoms with Gasteiger partial charge in [-0.1, -0.05) is 6.07 Å². The molecule has 1 aliphatic carbocycles. The molecule has 1 heterocycles. The number of ether oxygens (including phenoxy) is 2. The number of hydrogen-bond acceptors (Lipinski definition) is 7. The van der Waals surface area contributed by atoms with E-state index in [1.807, 2.05) is 32.0 Å². The van der Waals surface area contributed by atoms with Gasteiger partial charge in [0.25, 0.3) is 21.7 Å². The van der Waals surface area contributed by atoms with E-state index in [1.54, 1.807) is 6.07 Å². The Bertz CT molecular complexity index is 1710. The van der Waals surface area contributed by atoms with Gasteiger partial charge >= 0.3 is 6.36 Å². The molecule has 4 N–H and O–H groups in total. The molecule has 1 saturated carbocycles. The molecule has 17 heteroatoms. The topological polar surface area (TPSA) is 140 Å². The van der Waals surface area contributed by atoms with Gasteiger partial charge in [-0.05, 0) is 72.7 Å². The summed E-state index contributed by atoms with van der Waals surface area (Å²) in [5.41, 5.74) is -1.94. The summed E-state index contributed by atoms with van der Waals surface area (Å²) in [6.45, 7) is 1.29. The molecule has 0 atom stereocenters. The third-order valence-corrected chi connectivity index (χ3v) is 7.71. The summed E-state index contributed by atoms with van der Waals surface area (Å²) in [7, 11) is -1.95. The molecule has 0 bridgehead atoms. The van der Waals surface area contributed by atoms with Crippen molar-refractivity contribution >= 4 is 55.9 Å². The van der Waals surface area contributed by atoms with Gasteiger partial charge in [-0.3, -0.25) is 18.9 Å². The molecule has 1 aromatic heterocycles. The lowest BCUT2D eigenvalue weighted by atomic mass is 10.1. The first-order valence-corrected chi connectivity index (χ1v) is 14.7. The van der Waals surface area contributed by atoms with Crippen molar-refractivity contribution in [2.24, 2.45) is 7.05 Å². The zero-order chi connectivity index (χ0) is 31.0. The molecule has 11 nitrogen and oxygen atoms in total. The predicted octanol–water partition coefficient (Wildman–Crippen LogP) is 4.64. The van der Waals surface area contributed by atoms with Crippen LogP contribution in [0.3, 0.4) is 0 Å². The van der Waals surface area contributed by atoms with Gasteiger partial charge < -0.3 is 20.1 Å². The Kier molecular flexibility index (Phi) is 8.93. The Morgan fingerprint density at radius 1 is 1.12 bits per heavy atom. The quantitative estimate of drug-likeness (QED) is 0.177. The minimum Gasteiger partial charge on any atom is -0.452 e. The van der Waals surface area contributed by atoms with Crippen LogP contribution in [0.5, 0.6) is 17.2 Å². The lowest BCUT2D eigenvalue weighted by Gasteiger charge is -2.23. The Morgan fingerprint density at radius 3 is 2.40 bits per heavy atom. The predicted molar refractivity (Wildman–Crippen MR) is 154 cm³/mol. The van der Waals surface area contributed by atoms with E-state index in [0.717, 1.165) is 23.7 Å². The molecule has 1 aliphatic rings. The zero-order valence-corrected chi connectivity index (χ0v) is 25.1. The van der Waals surface area contributed by atoms with Crippen molar-refractivity contribution in [3.05, 3.63) is 67.3 Å². The Labute approximate surface area is 250 Å². The van der Waals surface area contributed by atoms with E-state index in [-0.39, 0.29) is 28.7 Å². The number of benzene rings is 2. The maximum atomic E-state index is 14.8. The van der Waals surface area contributed by atoms with Gasteiger partial charge in [0.05, 0.1) is 16.9 Å². The molecular weight excluding hydrogens is 701 g/mol. The number of anilines is 3. The van der Waals surface area contributed by atoms with Crippen molar-refractivity contribution in [1.82, 2.24) is 14.6 Å². The minimum absolute atomic E-state index is 0.0924. The number of pyridine rings is 1. The molecule has 1 amide bonds. The summed E-state index contributed by atoms with van der Waals surface area (Å²) in [6.07, 6.45) is -3.93. The van der Waals surface area contributed by atoms with E-state index in [2.05, 4.69) is 15.4 Å². The second-order valence-corrected chi connectivity index (χ2v) is 12.0. The summed E-state index contributed by atoms with van der Waals surface area (Å²) in [6, 6.07) is 7.20. The first-order chi connectivity index (χ1) is 19.6. The maximum Gasteiger partial charge on any atom is 0.573 e. The van der Waals surface area contributed by atoms with E-state index < -0.39 is 56.8 Å². The van der Waals surface area contributed by atoms with Gasteiger partial charge in [0.15, 0.2) is 17.2 Å². The van der Waals surface area contributed by atoms with Gasteiger partial charge in [-0.15, -0.1) is 13.2 Å². The summed E-state index contributed by atoms with van der Waals surface area (Å²) in [4.78, 5) is 26.8. The molecule has 0 unspecified atom stereocenters. The fourth-order valence-corrected chi connectivity index (χ4v) is 4.81. The highest BCUT2D eigenvalue weighted by molar-refractivity contribution is 14.1. The van der Waals surface area contributed by atoms with Crippen molar-refractivity contribution in [3.63, 3.8) is 0 Å². The van der Waals surface area contributed by atoms with Crippen LogP contribution >= 0.6 is 22.6 Å². The molecule has 3 aromatic rings. The summed E-state index contributed by atoms with van der Waals surface area (Å²) in [5.74, 6) is -3.86. The second kappa shape index (κ2) is 12.0. The maximum absolute atomic E-state index is 14.8. The van der Waals surface area contributed by atoms with Crippen molar-refractivity contribution in [3.8, 4) is 17.2 Å². The standard InChI is InChI=1S/C25H24F4IN5O6S/c1-12-20(40-18-6-4-5-17(34-42(38,39)31-2)21(18)41-25(27,28)29)19(23(36)32-14-8-9-14)22(35(3)24(12)37)33-16-10-7-13(30)11-15(16)26/h4-7,10-11,14,31,33-34H,8-9H2,1-3H3,(H,32,36). The smallest absolute Gasteiger partial charge is 0.452 e. The highest BCUT2D eigenvalue weighted by Crippen LogP contribution is 2.43. The van der Waals surface area contributed by atoms with Crippen LogP contribution in [0.25, 0.3) is 0 Å². The SMILES string of the molecule is CNS(=O)(=O)Nc1cccc(Oc2c(C(=O)NC3CC3)c(Nc3ccc(I)cc3F)n(C)c(=O)c2C)c1OC(F)(F)F. The number of alkyl halides is 3. The minimum atomic E-state index is -5.29. The summed E-state index contributed by atoms with van der Waals surface area (Å²) < 4.78 is 94.6. The number of rotatable bonds is 10. The zero-order valence-electron chi connectivity index (χ0n) is 22.2. The van der Waals surface area contributed by atoms with Crippen molar-refractivity contribution in [2.45, 2.75) is 32.2 Å². The van der Waals surface area contributed by atoms with Crippen LogP contribution in [-0.4, -0.2) is 38.3 Å². The number of amides is 1. The number of carbonyl (C=O) groups excluding carboxylic acids is 1. The average Bonchev–Trinajstić information content (AvgIpc) is 3.71. The van der Waals surface area contributed by atoms with Crippen LogP contribution in [-0.2, 0) is 17.3 Å². The number of nitrogens with zero attached hydrogens (tertiary/aromatic N) is 1. The van der Waals surface area contributed by atoms with Crippen LogP contribution in [0, 0.1) is 16.3 Å². The Hall–Kier alpha value is -3.58. The number of halogens is 5. The third kappa shape index (κ3) is 7.24. The summed E-state index contributed by atoms with van der Waals surface area (Å²) >= 11 is 1.90. The fourth-order valence-electron chi connectivity index (χ4n) is 3.80. The molecule has 2 aromatic carbocycles. The average molecular weight is 725 g/mol. The molecule has 42 heavy (non-hydrogen) atoms. The molecule has 0 aliphatic heterocycles. The van der Waals surface area contributed by atoms with E-state index >= 15 is 0 Å². The van der Waals surface area contributed by atoms with E-state index in [4.69, 9.17) is 4.74 Å². The van der Waals surface area contributed by atoms with Gasteiger partial charge in [0.1, 0.15) is 17.2 Å². The monoisotopic (exact) mass is 725 g/mol. The molecule has 0 saturated heterocycles.